The summed E-state index contributed by atoms with van der Waals surface area (Å²) >= 11 is 0. The van der Waals surface area contributed by atoms with E-state index in [2.05, 4.69) is 17.4 Å². The van der Waals surface area contributed by atoms with Crippen LogP contribution in [-0.2, 0) is 0 Å². The zero-order valence-electron chi connectivity index (χ0n) is 13.1. The van der Waals surface area contributed by atoms with Gasteiger partial charge in [0.2, 0.25) is 0 Å². The Hall–Kier alpha value is -1.02. The van der Waals surface area contributed by atoms with Crippen LogP contribution in [0.1, 0.15) is 57.8 Å². The Labute approximate surface area is 129 Å². The molecular weight excluding hydrogens is 258 g/mol. The van der Waals surface area contributed by atoms with E-state index in [1.54, 1.807) is 0 Å². The third-order valence-electron chi connectivity index (χ3n) is 5.15. The first-order chi connectivity index (χ1) is 10.4. The average molecular weight is 287 g/mol. The second kappa shape index (κ2) is 7.84. The second-order valence-corrected chi connectivity index (χ2v) is 6.84. The zero-order chi connectivity index (χ0) is 14.3. The SMILES string of the molecule is c1ccc(OC[C@H]2CC[C@H](NC3CCCCC3)CC2)cc1. The molecule has 0 unspecified atom stereocenters. The fourth-order valence-electron chi connectivity index (χ4n) is 3.83. The maximum atomic E-state index is 5.91. The van der Waals surface area contributed by atoms with Crippen LogP contribution in [0.3, 0.4) is 0 Å². The highest BCUT2D eigenvalue weighted by Gasteiger charge is 2.24. The highest BCUT2D eigenvalue weighted by molar-refractivity contribution is 5.20. The highest BCUT2D eigenvalue weighted by Crippen LogP contribution is 2.27. The van der Waals surface area contributed by atoms with Crippen LogP contribution in [0.25, 0.3) is 0 Å². The first-order valence-electron chi connectivity index (χ1n) is 8.84. The molecule has 2 saturated carbocycles. The van der Waals surface area contributed by atoms with E-state index in [0.29, 0.717) is 0 Å². The first kappa shape index (κ1) is 14.9. The standard InChI is InChI=1S/C19H29NO/c1-3-7-17(8-4-1)20-18-13-11-16(12-14-18)15-21-19-9-5-2-6-10-19/h2,5-6,9-10,16-18,20H,1,3-4,7-8,11-15H2/t16-,18-. The van der Waals surface area contributed by atoms with Crippen molar-refractivity contribution in [1.29, 1.82) is 0 Å². The highest BCUT2D eigenvalue weighted by atomic mass is 16.5. The van der Waals surface area contributed by atoms with Crippen LogP contribution in [0.15, 0.2) is 30.3 Å². The Bertz CT molecular complexity index is 391. The monoisotopic (exact) mass is 287 g/mol. The van der Waals surface area contributed by atoms with Gasteiger partial charge in [-0.2, -0.15) is 0 Å². The van der Waals surface area contributed by atoms with E-state index >= 15 is 0 Å². The molecule has 3 rings (SSSR count). The predicted molar refractivity (Wildman–Crippen MR) is 87.7 cm³/mol. The smallest absolute Gasteiger partial charge is 0.119 e. The van der Waals surface area contributed by atoms with Crippen LogP contribution < -0.4 is 10.1 Å². The van der Waals surface area contributed by atoms with Gasteiger partial charge in [0.25, 0.3) is 0 Å². The van der Waals surface area contributed by atoms with E-state index in [9.17, 15) is 0 Å². The van der Waals surface area contributed by atoms with Crippen molar-refractivity contribution in [2.75, 3.05) is 6.61 Å². The predicted octanol–water partition coefficient (Wildman–Crippen LogP) is 4.55. The lowest BCUT2D eigenvalue weighted by Crippen LogP contribution is -2.41. The molecule has 0 saturated heterocycles. The van der Waals surface area contributed by atoms with Gasteiger partial charge < -0.3 is 10.1 Å². The Morgan fingerprint density at radius 1 is 0.810 bits per heavy atom. The van der Waals surface area contributed by atoms with Crippen molar-refractivity contribution in [3.05, 3.63) is 30.3 Å². The lowest BCUT2D eigenvalue weighted by molar-refractivity contribution is 0.182. The van der Waals surface area contributed by atoms with Gasteiger partial charge in [-0.15, -0.1) is 0 Å². The Morgan fingerprint density at radius 3 is 2.19 bits per heavy atom. The minimum atomic E-state index is 0.745. The molecule has 2 heteroatoms. The van der Waals surface area contributed by atoms with Gasteiger partial charge in [0.05, 0.1) is 6.61 Å². The molecule has 0 spiro atoms. The van der Waals surface area contributed by atoms with Crippen LogP contribution in [0.2, 0.25) is 0 Å². The number of ether oxygens (including phenoxy) is 1. The van der Waals surface area contributed by atoms with Gasteiger partial charge in [0.15, 0.2) is 0 Å². The maximum absolute atomic E-state index is 5.91. The van der Waals surface area contributed by atoms with E-state index < -0.39 is 0 Å². The molecule has 116 valence electrons. The first-order valence-corrected chi connectivity index (χ1v) is 8.84. The minimum Gasteiger partial charge on any atom is -0.493 e. The van der Waals surface area contributed by atoms with Crippen molar-refractivity contribution in [2.24, 2.45) is 5.92 Å². The van der Waals surface area contributed by atoms with E-state index in [4.69, 9.17) is 4.74 Å². The molecule has 0 atom stereocenters. The molecule has 2 aliphatic carbocycles. The Kier molecular flexibility index (Phi) is 5.56. The van der Waals surface area contributed by atoms with E-state index in [0.717, 1.165) is 30.4 Å². The van der Waals surface area contributed by atoms with Crippen LogP contribution in [-0.4, -0.2) is 18.7 Å². The summed E-state index contributed by atoms with van der Waals surface area (Å²) in [4.78, 5) is 0. The molecule has 2 aliphatic rings. The molecule has 1 N–H and O–H groups in total. The molecule has 1 aromatic rings. The molecule has 2 nitrogen and oxygen atoms in total. The zero-order valence-corrected chi connectivity index (χ0v) is 13.1. The quantitative estimate of drug-likeness (QED) is 0.858. The number of hydrogen-bond donors (Lipinski definition) is 1. The summed E-state index contributed by atoms with van der Waals surface area (Å²) in [6, 6.07) is 11.8. The van der Waals surface area contributed by atoms with Crippen LogP contribution in [0.4, 0.5) is 0 Å². The van der Waals surface area contributed by atoms with Crippen molar-refractivity contribution in [3.8, 4) is 5.75 Å². The van der Waals surface area contributed by atoms with Gasteiger partial charge in [-0.1, -0.05) is 37.5 Å². The van der Waals surface area contributed by atoms with Crippen molar-refractivity contribution in [1.82, 2.24) is 5.32 Å². The van der Waals surface area contributed by atoms with Crippen LogP contribution >= 0.6 is 0 Å². The van der Waals surface area contributed by atoms with Crippen molar-refractivity contribution >= 4 is 0 Å². The Balaban J connectivity index is 1.35. The summed E-state index contributed by atoms with van der Waals surface area (Å²) in [5, 5.41) is 3.91. The number of nitrogens with one attached hydrogen (secondary N) is 1. The summed E-state index contributed by atoms with van der Waals surface area (Å²) in [5.41, 5.74) is 0. The van der Waals surface area contributed by atoms with Crippen LogP contribution in [0, 0.1) is 5.92 Å². The fourth-order valence-corrected chi connectivity index (χ4v) is 3.83. The summed E-state index contributed by atoms with van der Waals surface area (Å²) < 4.78 is 5.91. The third-order valence-corrected chi connectivity index (χ3v) is 5.15. The maximum Gasteiger partial charge on any atom is 0.119 e. The molecular formula is C19H29NO. The molecule has 0 amide bonds. The van der Waals surface area contributed by atoms with Crippen LogP contribution in [0.5, 0.6) is 5.75 Å². The van der Waals surface area contributed by atoms with E-state index in [-0.39, 0.29) is 0 Å². The van der Waals surface area contributed by atoms with Gasteiger partial charge >= 0.3 is 0 Å². The normalized spacial score (nSPS) is 27.4. The topological polar surface area (TPSA) is 21.3 Å². The second-order valence-electron chi connectivity index (χ2n) is 6.84. The summed E-state index contributed by atoms with van der Waals surface area (Å²) in [6.07, 6.45) is 12.4. The van der Waals surface area contributed by atoms with Gasteiger partial charge in [0, 0.05) is 12.1 Å². The summed E-state index contributed by atoms with van der Waals surface area (Å²) in [6.45, 7) is 0.889. The third kappa shape index (κ3) is 4.74. The van der Waals surface area contributed by atoms with E-state index in [1.807, 2.05) is 18.2 Å². The largest absolute Gasteiger partial charge is 0.493 e. The lowest BCUT2D eigenvalue weighted by Gasteiger charge is -2.33. The summed E-state index contributed by atoms with van der Waals surface area (Å²) in [5.74, 6) is 1.76. The molecule has 0 aliphatic heterocycles. The minimum absolute atomic E-state index is 0.745. The molecule has 2 fully saturated rings. The van der Waals surface area contributed by atoms with Gasteiger partial charge in [-0.05, 0) is 56.6 Å². The molecule has 1 aromatic carbocycles. The molecule has 0 radical (unpaired) electrons. The van der Waals surface area contributed by atoms with Crippen molar-refractivity contribution in [3.63, 3.8) is 0 Å². The number of rotatable bonds is 5. The Morgan fingerprint density at radius 2 is 1.48 bits per heavy atom. The van der Waals surface area contributed by atoms with E-state index in [1.165, 1.54) is 57.8 Å². The lowest BCUT2D eigenvalue weighted by atomic mass is 9.85. The van der Waals surface area contributed by atoms with Crippen molar-refractivity contribution < 1.29 is 4.74 Å². The number of hydrogen-bond acceptors (Lipinski definition) is 2. The van der Waals surface area contributed by atoms with Gasteiger partial charge in [-0.3, -0.25) is 0 Å². The molecule has 0 bridgehead atoms. The summed E-state index contributed by atoms with van der Waals surface area (Å²) in [7, 11) is 0. The molecule has 0 aromatic heterocycles. The molecule has 21 heavy (non-hydrogen) atoms. The average Bonchev–Trinajstić information content (AvgIpc) is 2.56. The van der Waals surface area contributed by atoms with Gasteiger partial charge in [0.1, 0.15) is 5.75 Å². The number of benzene rings is 1. The number of para-hydroxylation sites is 1. The van der Waals surface area contributed by atoms with Crippen molar-refractivity contribution in [2.45, 2.75) is 69.9 Å². The fraction of sp³-hybridized carbons (Fsp3) is 0.684. The molecule has 0 heterocycles. The van der Waals surface area contributed by atoms with Gasteiger partial charge in [-0.25, -0.2) is 0 Å².